The summed E-state index contributed by atoms with van der Waals surface area (Å²) in [6, 6.07) is 13.8. The molecule has 2 aromatic heterocycles. The summed E-state index contributed by atoms with van der Waals surface area (Å²) in [5, 5.41) is 19.7. The summed E-state index contributed by atoms with van der Waals surface area (Å²) in [4.78, 5) is 52.3. The Hall–Kier alpha value is -5.43. The highest BCUT2D eigenvalue weighted by atomic mass is 32.1. The first kappa shape index (κ1) is 51.4. The Balaban J connectivity index is 0.896. The molecule has 0 spiro atoms. The maximum atomic E-state index is 16.1. The van der Waals surface area contributed by atoms with Gasteiger partial charge in [0.2, 0.25) is 17.7 Å². The Morgan fingerprint density at radius 3 is 2.35 bits per heavy atom. The van der Waals surface area contributed by atoms with Crippen LogP contribution >= 0.6 is 11.3 Å². The summed E-state index contributed by atoms with van der Waals surface area (Å²) >= 11 is 1.54. The lowest BCUT2D eigenvalue weighted by atomic mass is 9.85. The maximum absolute atomic E-state index is 16.1. The molecule has 1 fully saturated rings. The van der Waals surface area contributed by atoms with Crippen molar-refractivity contribution < 1.29 is 46.2 Å². The molecule has 7 rings (SSSR count). The number of aliphatic hydroxyl groups is 1. The van der Waals surface area contributed by atoms with Gasteiger partial charge in [0.1, 0.15) is 35.1 Å². The van der Waals surface area contributed by atoms with E-state index >= 15 is 22.0 Å². The summed E-state index contributed by atoms with van der Waals surface area (Å²) < 4.78 is 82.9. The summed E-state index contributed by atoms with van der Waals surface area (Å²) in [5.41, 5.74) is 3.98. The first-order chi connectivity index (χ1) is 32.5. The lowest BCUT2D eigenvalue weighted by Crippen LogP contribution is -2.58. The standard InChI is InChI=1S/C51H62F5N7O5S/c1-29-20-36-35-10-8-9-11-39(35)60-43(36)44(63(29)27-50(6,7)54)42-37(52)22-34(23-38(42)53)68-19-17-51(55,56)16-18-57-25-41(65)61-46(49(3,4)5)48(67)62-26-33(64)21-40(62)47(66)58-24-31-12-14-32(15-13-31)45-30(2)59-28-69-45/h8-15,22-23,28-29,33,40,44,46,57,60,64H,16-21,24-27H2,1-7H3,(H,58,66)(H,61,65)/t29-,33-,40+,44-,46?/m1/s1. The second kappa shape index (κ2) is 20.9. The molecule has 5 N–H and O–H groups in total. The lowest BCUT2D eigenvalue weighted by molar-refractivity contribution is -0.144. The number of β-amino-alcohol motifs (C(OH)–C–C–N with tert-alkyl or cyclic N) is 1. The Labute approximate surface area is 403 Å². The van der Waals surface area contributed by atoms with Crippen molar-refractivity contribution >= 4 is 40.0 Å². The smallest absolute Gasteiger partial charge is 0.252 e. The number of amides is 3. The molecular formula is C51H62F5N7O5S. The van der Waals surface area contributed by atoms with Gasteiger partial charge in [0.25, 0.3) is 5.92 Å². The van der Waals surface area contributed by atoms with Crippen molar-refractivity contribution in [3.8, 4) is 16.2 Å². The Bertz CT molecular complexity index is 2600. The normalized spacial score (nSPS) is 19.4. The van der Waals surface area contributed by atoms with Crippen LogP contribution in [0.1, 0.15) is 94.9 Å². The van der Waals surface area contributed by atoms with Gasteiger partial charge in [-0.2, -0.15) is 0 Å². The molecule has 2 aliphatic rings. The number of ether oxygens (including phenoxy) is 1. The zero-order chi connectivity index (χ0) is 50.0. The van der Waals surface area contributed by atoms with Crippen LogP contribution in [0.2, 0.25) is 0 Å². The van der Waals surface area contributed by atoms with Gasteiger partial charge < -0.3 is 35.7 Å². The fourth-order valence-electron chi connectivity index (χ4n) is 9.31. The number of aliphatic hydroxyl groups excluding tert-OH is 1. The number of nitrogens with zero attached hydrogens (tertiary/aromatic N) is 3. The van der Waals surface area contributed by atoms with E-state index in [4.69, 9.17) is 4.74 Å². The van der Waals surface area contributed by atoms with Crippen molar-refractivity contribution in [2.24, 2.45) is 5.41 Å². The Kier molecular flexibility index (Phi) is 15.6. The molecule has 0 aliphatic carbocycles. The molecule has 0 bridgehead atoms. The molecule has 372 valence electrons. The number of likely N-dealkylation sites (tertiary alicyclic amines) is 1. The van der Waals surface area contributed by atoms with E-state index in [1.54, 1.807) is 31.2 Å². The third kappa shape index (κ3) is 12.3. The minimum atomic E-state index is -3.29. The zero-order valence-electron chi connectivity index (χ0n) is 40.0. The molecule has 1 saturated heterocycles. The fourth-order valence-corrected chi connectivity index (χ4v) is 10.1. The van der Waals surface area contributed by atoms with Crippen molar-refractivity contribution in [2.75, 3.05) is 32.8 Å². The van der Waals surface area contributed by atoms with Gasteiger partial charge in [0.15, 0.2) is 0 Å². The molecule has 18 heteroatoms. The summed E-state index contributed by atoms with van der Waals surface area (Å²) in [6.07, 6.45) is -1.90. The van der Waals surface area contributed by atoms with Crippen LogP contribution in [0.25, 0.3) is 21.3 Å². The number of alkyl halides is 3. The van der Waals surface area contributed by atoms with Crippen molar-refractivity contribution in [3.63, 3.8) is 0 Å². The number of rotatable bonds is 18. The quantitative estimate of drug-likeness (QED) is 0.0436. The van der Waals surface area contributed by atoms with Crippen molar-refractivity contribution in [1.82, 2.24) is 35.7 Å². The average Bonchev–Trinajstić information content (AvgIpc) is 3.99. The highest BCUT2D eigenvalue weighted by Gasteiger charge is 2.45. The highest BCUT2D eigenvalue weighted by molar-refractivity contribution is 7.13. The maximum Gasteiger partial charge on any atom is 0.252 e. The lowest BCUT2D eigenvalue weighted by Gasteiger charge is -2.43. The molecule has 5 aromatic rings. The zero-order valence-corrected chi connectivity index (χ0v) is 40.8. The predicted octanol–water partition coefficient (Wildman–Crippen LogP) is 8.16. The molecule has 69 heavy (non-hydrogen) atoms. The van der Waals surface area contributed by atoms with E-state index in [2.05, 4.69) is 25.9 Å². The van der Waals surface area contributed by atoms with Gasteiger partial charge in [0.05, 0.1) is 41.4 Å². The van der Waals surface area contributed by atoms with Gasteiger partial charge in [0, 0.05) is 85.8 Å². The average molecular weight is 980 g/mol. The molecule has 3 amide bonds. The van der Waals surface area contributed by atoms with Crippen LogP contribution in [0.5, 0.6) is 5.75 Å². The number of para-hydroxylation sites is 1. The molecule has 5 atom stereocenters. The molecule has 0 radical (unpaired) electrons. The van der Waals surface area contributed by atoms with Crippen LogP contribution in [0.4, 0.5) is 22.0 Å². The monoisotopic (exact) mass is 979 g/mol. The minimum Gasteiger partial charge on any atom is -0.493 e. The van der Waals surface area contributed by atoms with Gasteiger partial charge in [-0.1, -0.05) is 63.2 Å². The van der Waals surface area contributed by atoms with E-state index < -0.39 is 96.6 Å². The molecular weight excluding hydrogens is 918 g/mol. The number of carbonyl (C=O) groups excluding carboxylic acids is 3. The van der Waals surface area contributed by atoms with E-state index in [9.17, 15) is 19.5 Å². The molecule has 0 saturated carbocycles. The number of hydrogen-bond acceptors (Lipinski definition) is 9. The van der Waals surface area contributed by atoms with Crippen molar-refractivity contribution in [3.05, 3.63) is 106 Å². The second-order valence-electron chi connectivity index (χ2n) is 20.0. The number of halogens is 5. The summed E-state index contributed by atoms with van der Waals surface area (Å²) in [6.45, 7) is 10.6. The summed E-state index contributed by atoms with van der Waals surface area (Å²) in [7, 11) is 0. The van der Waals surface area contributed by atoms with E-state index in [1.807, 2.05) is 62.4 Å². The van der Waals surface area contributed by atoms with E-state index in [1.165, 1.54) is 30.1 Å². The number of H-pyrrole nitrogens is 1. The number of carbonyl (C=O) groups is 3. The minimum absolute atomic E-state index is 0.0139. The number of aryl methyl sites for hydroxylation is 1. The van der Waals surface area contributed by atoms with Crippen LogP contribution in [0, 0.1) is 24.0 Å². The van der Waals surface area contributed by atoms with Crippen LogP contribution in [0.3, 0.4) is 0 Å². The third-order valence-electron chi connectivity index (χ3n) is 12.8. The topological polar surface area (TPSA) is 152 Å². The van der Waals surface area contributed by atoms with E-state index in [-0.39, 0.29) is 50.0 Å². The van der Waals surface area contributed by atoms with Crippen molar-refractivity contribution in [2.45, 2.75) is 123 Å². The number of benzene rings is 3. The number of nitrogens with one attached hydrogen (secondary N) is 4. The molecule has 1 unspecified atom stereocenters. The Morgan fingerprint density at radius 1 is 1.00 bits per heavy atom. The third-order valence-corrected chi connectivity index (χ3v) is 13.8. The number of hydrogen-bond donors (Lipinski definition) is 5. The highest BCUT2D eigenvalue weighted by Crippen LogP contribution is 2.44. The van der Waals surface area contributed by atoms with Gasteiger partial charge in [-0.25, -0.2) is 26.9 Å². The molecule has 3 aromatic carbocycles. The van der Waals surface area contributed by atoms with E-state index in [0.717, 1.165) is 50.3 Å². The van der Waals surface area contributed by atoms with Crippen LogP contribution in [-0.4, -0.2) is 111 Å². The first-order valence-corrected chi connectivity index (χ1v) is 24.2. The number of aromatic nitrogens is 2. The predicted molar refractivity (Wildman–Crippen MR) is 256 cm³/mol. The fraction of sp³-hybridized carbons (Fsp3) is 0.490. The number of aromatic amines is 1. The van der Waals surface area contributed by atoms with Crippen LogP contribution < -0.4 is 20.7 Å². The first-order valence-electron chi connectivity index (χ1n) is 23.3. The second-order valence-corrected chi connectivity index (χ2v) is 20.9. The van der Waals surface area contributed by atoms with Crippen LogP contribution in [-0.2, 0) is 27.3 Å². The largest absolute Gasteiger partial charge is 0.493 e. The molecule has 2 aliphatic heterocycles. The summed E-state index contributed by atoms with van der Waals surface area (Å²) in [5.74, 6) is -7.13. The SMILES string of the molecule is Cc1ncsc1-c1ccc(CNC(=O)[C@@H]2C[C@@H](O)CN2C(=O)C(NC(=O)CNCCC(F)(F)CCOc2cc(F)c([C@@H]3c4[nH]c5ccccc5c4C[C@@H](C)N3CC(C)(C)F)c(F)c2)C(C)(C)C)cc1. The van der Waals surface area contributed by atoms with Gasteiger partial charge in [-0.05, 0) is 62.3 Å². The number of thiazole rings is 1. The van der Waals surface area contributed by atoms with Crippen molar-refractivity contribution in [1.29, 1.82) is 0 Å². The van der Waals surface area contributed by atoms with E-state index in [0.29, 0.717) is 12.1 Å². The van der Waals surface area contributed by atoms with Crippen LogP contribution in [0.15, 0.2) is 66.2 Å². The molecule has 12 nitrogen and oxygen atoms in total. The van der Waals surface area contributed by atoms with Gasteiger partial charge in [-0.3, -0.25) is 19.3 Å². The van der Waals surface area contributed by atoms with Gasteiger partial charge in [-0.15, -0.1) is 11.3 Å². The molecule has 4 heterocycles. The Morgan fingerprint density at radius 2 is 1.70 bits per heavy atom. The number of fused-ring (bicyclic) bond motifs is 3. The van der Waals surface area contributed by atoms with Gasteiger partial charge >= 0.3 is 0 Å².